The second-order valence-electron chi connectivity index (χ2n) is 7.61. The summed E-state index contributed by atoms with van der Waals surface area (Å²) in [6.07, 6.45) is 4.80. The van der Waals surface area contributed by atoms with Crippen LogP contribution in [0.5, 0.6) is 11.5 Å². The molecular formula is C26H21NO4S. The summed E-state index contributed by atoms with van der Waals surface area (Å²) in [6, 6.07) is 19.2. The van der Waals surface area contributed by atoms with Crippen LogP contribution in [0.15, 0.2) is 79.7 Å². The molecule has 0 atom stereocenters. The highest BCUT2D eigenvalue weighted by Crippen LogP contribution is 2.48. The number of benzene rings is 3. The first-order valence-corrected chi connectivity index (χ1v) is 11.2. The molecule has 1 aliphatic rings. The van der Waals surface area contributed by atoms with Crippen LogP contribution < -0.4 is 10.5 Å². The molecule has 3 aromatic carbocycles. The molecule has 0 spiro atoms. The zero-order valence-electron chi connectivity index (χ0n) is 17.4. The second-order valence-corrected chi connectivity index (χ2v) is 8.70. The topological polar surface area (TPSA) is 73.9 Å². The molecule has 0 saturated carbocycles. The number of para-hydroxylation sites is 1. The Labute approximate surface area is 189 Å². The van der Waals surface area contributed by atoms with E-state index in [1.54, 1.807) is 17.8 Å². The van der Waals surface area contributed by atoms with Crippen molar-refractivity contribution in [2.45, 2.75) is 23.1 Å². The third kappa shape index (κ3) is 3.52. The van der Waals surface area contributed by atoms with E-state index in [1.165, 1.54) is 33.3 Å². The molecule has 0 radical (unpaired) electrons. The van der Waals surface area contributed by atoms with Gasteiger partial charge in [-0.15, -0.1) is 0 Å². The predicted molar refractivity (Wildman–Crippen MR) is 129 cm³/mol. The number of anilines is 2. The van der Waals surface area contributed by atoms with E-state index >= 15 is 0 Å². The van der Waals surface area contributed by atoms with Gasteiger partial charge in [-0.05, 0) is 53.9 Å². The molecule has 0 unspecified atom stereocenters. The van der Waals surface area contributed by atoms with Gasteiger partial charge in [-0.25, -0.2) is 4.79 Å². The van der Waals surface area contributed by atoms with Crippen LogP contribution in [0.4, 0.5) is 11.4 Å². The second kappa shape index (κ2) is 8.13. The maximum Gasteiger partial charge on any atom is 0.336 e. The Balaban J connectivity index is 1.54. The molecule has 0 amide bonds. The summed E-state index contributed by atoms with van der Waals surface area (Å²) < 4.78 is 5.10. The molecular weight excluding hydrogens is 422 g/mol. The number of nitrogens with zero attached hydrogens (tertiary/aromatic N) is 1. The fraction of sp³-hybridized carbons (Fsp3) is 0.115. The van der Waals surface area contributed by atoms with E-state index in [4.69, 9.17) is 4.42 Å². The summed E-state index contributed by atoms with van der Waals surface area (Å²) in [7, 11) is 0. The van der Waals surface area contributed by atoms with Crippen LogP contribution >= 0.6 is 11.8 Å². The SMILES string of the molecule is CCCN1c2ccccc2Sc2cc(/C=C\c3cc(=O)oc4c(O)c(O)ccc34)ccc21. The van der Waals surface area contributed by atoms with Crippen molar-refractivity contribution in [2.75, 3.05) is 11.4 Å². The van der Waals surface area contributed by atoms with Crippen molar-refractivity contribution in [3.05, 3.63) is 82.2 Å². The number of phenols is 2. The number of aromatic hydroxyl groups is 2. The summed E-state index contributed by atoms with van der Waals surface area (Å²) >= 11 is 1.76. The Morgan fingerprint density at radius 2 is 1.78 bits per heavy atom. The van der Waals surface area contributed by atoms with Gasteiger partial charge in [0.15, 0.2) is 11.3 Å². The van der Waals surface area contributed by atoms with Crippen LogP contribution in [0.2, 0.25) is 0 Å². The molecule has 0 bridgehead atoms. The zero-order valence-corrected chi connectivity index (χ0v) is 18.2. The van der Waals surface area contributed by atoms with E-state index in [2.05, 4.69) is 54.3 Å². The van der Waals surface area contributed by atoms with Gasteiger partial charge in [-0.2, -0.15) is 0 Å². The van der Waals surface area contributed by atoms with Gasteiger partial charge in [0.1, 0.15) is 0 Å². The molecule has 5 nitrogen and oxygen atoms in total. The first-order chi connectivity index (χ1) is 15.5. The van der Waals surface area contributed by atoms with E-state index in [-0.39, 0.29) is 11.3 Å². The predicted octanol–water partition coefficient (Wildman–Crippen LogP) is 6.39. The van der Waals surface area contributed by atoms with Crippen molar-refractivity contribution in [3.8, 4) is 11.5 Å². The summed E-state index contributed by atoms with van der Waals surface area (Å²) in [5.74, 6) is -0.764. The molecule has 2 N–H and O–H groups in total. The molecule has 4 aromatic rings. The Kier molecular flexibility index (Phi) is 5.15. The van der Waals surface area contributed by atoms with Crippen molar-refractivity contribution in [1.29, 1.82) is 0 Å². The maximum atomic E-state index is 12.0. The normalized spacial score (nSPS) is 12.8. The smallest absolute Gasteiger partial charge is 0.336 e. The Morgan fingerprint density at radius 3 is 2.62 bits per heavy atom. The van der Waals surface area contributed by atoms with Gasteiger partial charge in [0.05, 0.1) is 11.4 Å². The average molecular weight is 444 g/mol. The fourth-order valence-electron chi connectivity index (χ4n) is 3.97. The van der Waals surface area contributed by atoms with Gasteiger partial charge in [0.25, 0.3) is 0 Å². The third-order valence-electron chi connectivity index (χ3n) is 5.45. The van der Waals surface area contributed by atoms with Gasteiger partial charge in [-0.3, -0.25) is 0 Å². The molecule has 32 heavy (non-hydrogen) atoms. The number of hydrogen-bond donors (Lipinski definition) is 2. The van der Waals surface area contributed by atoms with E-state index in [1.807, 2.05) is 12.2 Å². The van der Waals surface area contributed by atoms with Crippen LogP contribution in [0, 0.1) is 0 Å². The van der Waals surface area contributed by atoms with Gasteiger partial charge >= 0.3 is 5.63 Å². The highest BCUT2D eigenvalue weighted by atomic mass is 32.2. The van der Waals surface area contributed by atoms with Crippen LogP contribution in [-0.2, 0) is 0 Å². The minimum Gasteiger partial charge on any atom is -0.504 e. The molecule has 160 valence electrons. The van der Waals surface area contributed by atoms with Crippen LogP contribution in [-0.4, -0.2) is 16.8 Å². The maximum absolute atomic E-state index is 12.0. The molecule has 0 aliphatic carbocycles. The lowest BCUT2D eigenvalue weighted by Crippen LogP contribution is -2.21. The van der Waals surface area contributed by atoms with Gasteiger partial charge in [0, 0.05) is 27.8 Å². The number of rotatable bonds is 4. The van der Waals surface area contributed by atoms with Crippen LogP contribution in [0.3, 0.4) is 0 Å². The zero-order chi connectivity index (χ0) is 22.2. The molecule has 6 heteroatoms. The summed E-state index contributed by atoms with van der Waals surface area (Å²) in [5.41, 5.74) is 3.42. The summed E-state index contributed by atoms with van der Waals surface area (Å²) in [5, 5.41) is 20.3. The Bertz CT molecular complexity index is 1420. The summed E-state index contributed by atoms with van der Waals surface area (Å²) in [4.78, 5) is 16.8. The summed E-state index contributed by atoms with van der Waals surface area (Å²) in [6.45, 7) is 3.13. The van der Waals surface area contributed by atoms with E-state index in [9.17, 15) is 15.0 Å². The first kappa shape index (κ1) is 20.3. The van der Waals surface area contributed by atoms with Crippen molar-refractivity contribution >= 4 is 46.3 Å². The fourth-order valence-corrected chi connectivity index (χ4v) is 5.11. The quantitative estimate of drug-likeness (QED) is 0.281. The number of hydrogen-bond acceptors (Lipinski definition) is 6. The van der Waals surface area contributed by atoms with Gasteiger partial charge < -0.3 is 19.5 Å². The van der Waals surface area contributed by atoms with Crippen molar-refractivity contribution in [3.63, 3.8) is 0 Å². The minimum atomic E-state index is -0.592. The molecule has 1 aliphatic heterocycles. The van der Waals surface area contributed by atoms with E-state index in [0.29, 0.717) is 10.9 Å². The minimum absolute atomic E-state index is 0.0232. The number of fused-ring (bicyclic) bond motifs is 3. The van der Waals surface area contributed by atoms with Crippen molar-refractivity contribution in [1.82, 2.24) is 0 Å². The van der Waals surface area contributed by atoms with Crippen molar-refractivity contribution < 1.29 is 14.6 Å². The third-order valence-corrected chi connectivity index (χ3v) is 6.56. The van der Waals surface area contributed by atoms with Crippen molar-refractivity contribution in [2.24, 2.45) is 0 Å². The lowest BCUT2D eigenvalue weighted by Gasteiger charge is -2.32. The molecule has 0 fully saturated rings. The van der Waals surface area contributed by atoms with Gasteiger partial charge in [0.2, 0.25) is 5.75 Å². The number of phenolic OH excluding ortho intramolecular Hbond substituents is 2. The Morgan fingerprint density at radius 1 is 0.969 bits per heavy atom. The lowest BCUT2D eigenvalue weighted by atomic mass is 10.1. The molecule has 0 saturated heterocycles. The van der Waals surface area contributed by atoms with Gasteiger partial charge in [-0.1, -0.05) is 49.0 Å². The molecule has 5 rings (SSSR count). The molecule has 2 heterocycles. The lowest BCUT2D eigenvalue weighted by molar-refractivity contribution is 0.397. The highest BCUT2D eigenvalue weighted by molar-refractivity contribution is 7.99. The average Bonchev–Trinajstić information content (AvgIpc) is 2.80. The standard InChI is InChI=1S/C26H21NO4S/c1-2-13-27-19-5-3-4-6-22(19)32-23-14-16(8-11-20(23)27)7-9-17-15-24(29)31-26-18(17)10-12-21(28)25(26)30/h3-12,14-15,28,30H,2,13H2,1H3/b9-7-. The Hall–Kier alpha value is -3.64. The monoisotopic (exact) mass is 443 g/mol. The largest absolute Gasteiger partial charge is 0.504 e. The van der Waals surface area contributed by atoms with E-state index in [0.717, 1.165) is 18.5 Å². The van der Waals surface area contributed by atoms with Crippen LogP contribution in [0.25, 0.3) is 23.1 Å². The van der Waals surface area contributed by atoms with Crippen LogP contribution in [0.1, 0.15) is 24.5 Å². The molecule has 1 aromatic heterocycles. The van der Waals surface area contributed by atoms with E-state index < -0.39 is 11.4 Å². The highest BCUT2D eigenvalue weighted by Gasteiger charge is 2.22. The first-order valence-electron chi connectivity index (χ1n) is 10.4.